The number of hydrogen-bond acceptors (Lipinski definition) is 14. The molecular formula is C36H24F6N6O8. The molecule has 0 aliphatic carbocycles. The minimum absolute atomic E-state index is 0.302. The Morgan fingerprint density at radius 1 is 0.500 bits per heavy atom. The molecule has 0 saturated carbocycles. The highest BCUT2D eigenvalue weighted by molar-refractivity contribution is 5.80. The number of hydrogen-bond donors (Lipinski definition) is 0. The van der Waals surface area contributed by atoms with Crippen molar-refractivity contribution in [2.75, 3.05) is 0 Å². The first-order valence-corrected chi connectivity index (χ1v) is 16.2. The molecule has 288 valence electrons. The molecule has 0 N–H and O–H groups in total. The zero-order valence-corrected chi connectivity index (χ0v) is 28.2. The maximum Gasteiger partial charge on any atom is 0.573 e. The third kappa shape index (κ3) is 10.1. The zero-order valence-electron chi connectivity index (χ0n) is 28.2. The van der Waals surface area contributed by atoms with E-state index in [-0.39, 0.29) is 11.5 Å². The molecule has 0 unspecified atom stereocenters. The summed E-state index contributed by atoms with van der Waals surface area (Å²) in [5, 5.41) is 7.74. The van der Waals surface area contributed by atoms with E-state index < -0.39 is 24.9 Å². The summed E-state index contributed by atoms with van der Waals surface area (Å²) in [6, 6.07) is 17.6. The van der Waals surface area contributed by atoms with Gasteiger partial charge in [0.15, 0.2) is 12.2 Å². The summed E-state index contributed by atoms with van der Waals surface area (Å²) in [5.41, 5.74) is 2.41. The average molecular weight is 783 g/mol. The molecule has 2 aromatic carbocycles. The van der Waals surface area contributed by atoms with E-state index in [1.807, 2.05) is 0 Å². The first kappa shape index (κ1) is 37.2. The second-order valence-corrected chi connectivity index (χ2v) is 11.4. The van der Waals surface area contributed by atoms with E-state index in [2.05, 4.69) is 39.7 Å². The number of alkyl halides is 6. The molecule has 2 aliphatic heterocycles. The second kappa shape index (κ2) is 16.1. The Labute approximate surface area is 310 Å². The van der Waals surface area contributed by atoms with Crippen LogP contribution in [0.2, 0.25) is 0 Å². The highest BCUT2D eigenvalue weighted by Crippen LogP contribution is 2.33. The standard InChI is InChI=1S/2C18H12F3N3O4/c2*19-18(20,21)27-12-3-1-11(2-4-12)15-9-16(24-28-15)26-13-5-6-14(23-10-13)17-22-7-8-25-17/h2*1-8,10,15H,9H2/t2*15-/m10/s1. The summed E-state index contributed by atoms with van der Waals surface area (Å²) >= 11 is 0. The molecule has 6 aromatic rings. The molecule has 0 saturated heterocycles. The van der Waals surface area contributed by atoms with Crippen LogP contribution in [0.5, 0.6) is 23.0 Å². The number of halogens is 6. The minimum atomic E-state index is -4.73. The van der Waals surface area contributed by atoms with Gasteiger partial charge in [0.2, 0.25) is 23.6 Å². The van der Waals surface area contributed by atoms with Crippen LogP contribution in [0.3, 0.4) is 0 Å². The topological polar surface area (TPSA) is 158 Å². The van der Waals surface area contributed by atoms with Crippen LogP contribution in [0.1, 0.15) is 36.2 Å². The number of pyridine rings is 2. The Morgan fingerprint density at radius 2 is 0.893 bits per heavy atom. The van der Waals surface area contributed by atoms with Gasteiger partial charge < -0.3 is 37.5 Å². The van der Waals surface area contributed by atoms with E-state index in [9.17, 15) is 26.3 Å². The van der Waals surface area contributed by atoms with Gasteiger partial charge in [-0.05, 0) is 59.7 Å². The highest BCUT2D eigenvalue weighted by atomic mass is 19.4. The summed E-state index contributed by atoms with van der Waals surface area (Å²) in [6.07, 6.45) is -0.801. The number of ether oxygens (including phenoxy) is 4. The molecule has 2 aliphatic rings. The van der Waals surface area contributed by atoms with Crippen LogP contribution < -0.4 is 18.9 Å². The van der Waals surface area contributed by atoms with Crippen molar-refractivity contribution in [2.24, 2.45) is 10.3 Å². The van der Waals surface area contributed by atoms with Gasteiger partial charge in [0.1, 0.15) is 46.9 Å². The Morgan fingerprint density at radius 3 is 1.21 bits per heavy atom. The quantitative estimate of drug-likeness (QED) is 0.135. The number of benzene rings is 2. The van der Waals surface area contributed by atoms with Crippen molar-refractivity contribution in [3.63, 3.8) is 0 Å². The molecule has 0 radical (unpaired) electrons. The lowest BCUT2D eigenvalue weighted by Gasteiger charge is -2.11. The summed E-state index contributed by atoms with van der Waals surface area (Å²) in [5.74, 6) is 1.74. The van der Waals surface area contributed by atoms with Crippen LogP contribution >= 0.6 is 0 Å². The monoisotopic (exact) mass is 782 g/mol. The van der Waals surface area contributed by atoms with E-state index in [4.69, 9.17) is 28.0 Å². The van der Waals surface area contributed by atoms with Crippen LogP contribution in [-0.2, 0) is 9.68 Å². The van der Waals surface area contributed by atoms with Gasteiger partial charge >= 0.3 is 12.7 Å². The maximum atomic E-state index is 12.2. The normalized spacial score (nSPS) is 16.4. The molecule has 6 heterocycles. The van der Waals surface area contributed by atoms with Crippen molar-refractivity contribution < 1.29 is 63.8 Å². The molecule has 4 aromatic heterocycles. The Kier molecular flexibility index (Phi) is 10.7. The summed E-state index contributed by atoms with van der Waals surface area (Å²) < 4.78 is 103. The molecule has 0 bridgehead atoms. The van der Waals surface area contributed by atoms with E-state index in [0.29, 0.717) is 70.4 Å². The lowest BCUT2D eigenvalue weighted by Crippen LogP contribution is -2.17. The number of aromatic nitrogens is 4. The number of oxazole rings is 2. The van der Waals surface area contributed by atoms with Gasteiger partial charge in [-0.25, -0.2) is 19.9 Å². The molecule has 14 nitrogen and oxygen atoms in total. The van der Waals surface area contributed by atoms with Gasteiger partial charge in [-0.1, -0.05) is 34.6 Å². The van der Waals surface area contributed by atoms with Crippen molar-refractivity contribution >= 4 is 11.8 Å². The smallest absolute Gasteiger partial charge is 0.443 e. The summed E-state index contributed by atoms with van der Waals surface area (Å²) in [7, 11) is 0. The molecule has 20 heteroatoms. The fraction of sp³-hybridized carbons (Fsp3) is 0.167. The largest absolute Gasteiger partial charge is 0.573 e. The van der Waals surface area contributed by atoms with Gasteiger partial charge in [0.25, 0.3) is 0 Å². The van der Waals surface area contributed by atoms with Crippen LogP contribution in [0.15, 0.2) is 129 Å². The van der Waals surface area contributed by atoms with Gasteiger partial charge in [-0.15, -0.1) is 26.3 Å². The lowest BCUT2D eigenvalue weighted by atomic mass is 10.1. The SMILES string of the molecule is FC(F)(F)Oc1ccc([C@@H]2CC(Oc3ccc(-c4ncco4)nc3)=NO2)cc1.FC(F)(F)Oc1ccc([C@H]2CC(Oc3ccc(-c4ncco4)nc3)=NO2)cc1. The van der Waals surface area contributed by atoms with Crippen LogP contribution in [0, 0.1) is 0 Å². The van der Waals surface area contributed by atoms with E-state index >= 15 is 0 Å². The predicted octanol–water partition coefficient (Wildman–Crippen LogP) is 8.98. The average Bonchev–Trinajstić information content (AvgIpc) is 4.01. The Bertz CT molecular complexity index is 2070. The fourth-order valence-corrected chi connectivity index (χ4v) is 5.06. The Balaban J connectivity index is 0.000000172. The molecule has 0 spiro atoms. The van der Waals surface area contributed by atoms with E-state index in [1.165, 1.54) is 85.8 Å². The van der Waals surface area contributed by atoms with Crippen molar-refractivity contribution in [3.05, 3.63) is 121 Å². The van der Waals surface area contributed by atoms with Crippen molar-refractivity contribution in [1.29, 1.82) is 0 Å². The third-order valence-corrected chi connectivity index (χ3v) is 7.50. The lowest BCUT2D eigenvalue weighted by molar-refractivity contribution is -0.275. The summed E-state index contributed by atoms with van der Waals surface area (Å²) in [4.78, 5) is 27.0. The van der Waals surface area contributed by atoms with Crippen molar-refractivity contribution in [3.8, 4) is 46.2 Å². The van der Waals surface area contributed by atoms with Gasteiger partial charge in [-0.2, -0.15) is 0 Å². The first-order chi connectivity index (χ1) is 26.9. The number of oxime groups is 2. The molecule has 0 fully saturated rings. The molecule has 0 amide bonds. The van der Waals surface area contributed by atoms with E-state index in [1.54, 1.807) is 24.3 Å². The van der Waals surface area contributed by atoms with Crippen LogP contribution in [0.4, 0.5) is 26.3 Å². The first-order valence-electron chi connectivity index (χ1n) is 16.2. The maximum absolute atomic E-state index is 12.2. The van der Waals surface area contributed by atoms with Gasteiger partial charge in [0, 0.05) is 0 Å². The molecular weight excluding hydrogens is 758 g/mol. The molecule has 56 heavy (non-hydrogen) atoms. The summed E-state index contributed by atoms with van der Waals surface area (Å²) in [6.45, 7) is 0. The fourth-order valence-electron chi connectivity index (χ4n) is 5.06. The molecule has 8 rings (SSSR count). The second-order valence-electron chi connectivity index (χ2n) is 11.4. The minimum Gasteiger partial charge on any atom is -0.443 e. The zero-order chi connectivity index (χ0) is 39.1. The highest BCUT2D eigenvalue weighted by Gasteiger charge is 2.33. The number of rotatable bonds is 8. The molecule has 2 atom stereocenters. The van der Waals surface area contributed by atoms with E-state index in [0.717, 1.165) is 0 Å². The van der Waals surface area contributed by atoms with Crippen LogP contribution in [0.25, 0.3) is 23.2 Å². The number of nitrogens with zero attached hydrogens (tertiary/aromatic N) is 6. The predicted molar refractivity (Wildman–Crippen MR) is 179 cm³/mol. The van der Waals surface area contributed by atoms with Gasteiger partial charge in [-0.3, -0.25) is 0 Å². The van der Waals surface area contributed by atoms with Crippen molar-refractivity contribution in [2.45, 2.75) is 37.8 Å². The van der Waals surface area contributed by atoms with Gasteiger partial charge in [0.05, 0.1) is 37.6 Å². The van der Waals surface area contributed by atoms with Crippen LogP contribution in [-0.4, -0.2) is 44.5 Å². The third-order valence-electron chi connectivity index (χ3n) is 7.50. The van der Waals surface area contributed by atoms with Crippen molar-refractivity contribution in [1.82, 2.24) is 19.9 Å². The Hall–Kier alpha value is -7.12.